The standard InChI is InChI=1S/C9H10Cl2N4/c1-5(14-15-9(12)13)7-3-2-6(10)4-8(7)11/h2-4H,1H3,(H4,12,13,15)/p+1/b14-5+. The van der Waals surface area contributed by atoms with Crippen LogP contribution in [0.5, 0.6) is 0 Å². The van der Waals surface area contributed by atoms with Gasteiger partial charge in [0.05, 0.1) is 10.7 Å². The van der Waals surface area contributed by atoms with Crippen molar-refractivity contribution in [3.05, 3.63) is 33.8 Å². The number of hydrogen-bond donors (Lipinski definition) is 3. The van der Waals surface area contributed by atoms with Gasteiger partial charge in [-0.15, -0.1) is 5.10 Å². The predicted molar refractivity (Wildman–Crippen MR) is 63.0 cm³/mol. The summed E-state index contributed by atoms with van der Waals surface area (Å²) in [6.07, 6.45) is 0. The molecule has 0 heterocycles. The predicted octanol–water partition coefficient (Wildman–Crippen LogP) is 0.0714. The smallest absolute Gasteiger partial charge is 0.289 e. The summed E-state index contributed by atoms with van der Waals surface area (Å²) in [5.74, 6) is 0.0273. The van der Waals surface area contributed by atoms with E-state index in [1.807, 2.05) is 0 Å². The molecule has 0 saturated heterocycles. The van der Waals surface area contributed by atoms with E-state index in [0.29, 0.717) is 15.8 Å². The number of hydrogen-bond acceptors (Lipinski definition) is 1. The van der Waals surface area contributed by atoms with Gasteiger partial charge in [-0.25, -0.2) is 0 Å². The Labute approximate surface area is 97.6 Å². The lowest BCUT2D eigenvalue weighted by Gasteiger charge is -2.01. The summed E-state index contributed by atoms with van der Waals surface area (Å²) in [5.41, 5.74) is 11.9. The van der Waals surface area contributed by atoms with E-state index in [2.05, 4.69) is 10.2 Å². The van der Waals surface area contributed by atoms with Gasteiger partial charge in [0, 0.05) is 10.6 Å². The summed E-state index contributed by atoms with van der Waals surface area (Å²) in [6.45, 7) is 1.78. The molecule has 1 rings (SSSR count). The molecule has 0 unspecified atom stereocenters. The van der Waals surface area contributed by atoms with Gasteiger partial charge in [0.1, 0.15) is 0 Å². The number of guanidine groups is 1. The van der Waals surface area contributed by atoms with E-state index in [9.17, 15) is 0 Å². The van der Waals surface area contributed by atoms with Crippen LogP contribution in [0.1, 0.15) is 12.5 Å². The third-order valence-corrected chi connectivity index (χ3v) is 2.22. The molecule has 4 nitrogen and oxygen atoms in total. The molecule has 0 aliphatic carbocycles. The number of nitrogens with one attached hydrogen (secondary N) is 1. The molecule has 0 amide bonds. The Kier molecular flexibility index (Phi) is 3.94. The molecule has 0 radical (unpaired) electrons. The van der Waals surface area contributed by atoms with E-state index in [1.54, 1.807) is 25.1 Å². The molecule has 80 valence electrons. The number of halogens is 2. The van der Waals surface area contributed by atoms with Gasteiger partial charge >= 0.3 is 5.96 Å². The van der Waals surface area contributed by atoms with Crippen LogP contribution in [-0.2, 0) is 0 Å². The van der Waals surface area contributed by atoms with Crippen LogP contribution in [0.25, 0.3) is 0 Å². The molecule has 0 aromatic heterocycles. The zero-order valence-electron chi connectivity index (χ0n) is 8.09. The van der Waals surface area contributed by atoms with Crippen LogP contribution in [0.15, 0.2) is 23.3 Å². The Bertz CT molecular complexity index is 422. The third kappa shape index (κ3) is 3.42. The second kappa shape index (κ2) is 5.00. The monoisotopic (exact) mass is 245 g/mol. The molecule has 0 atom stereocenters. The Hall–Kier alpha value is -1.26. The van der Waals surface area contributed by atoms with E-state index >= 15 is 0 Å². The van der Waals surface area contributed by atoms with E-state index in [0.717, 1.165) is 5.56 Å². The first-order chi connectivity index (χ1) is 7.00. The number of nitrogens with two attached hydrogens (primary N) is 2. The van der Waals surface area contributed by atoms with E-state index in [4.69, 9.17) is 34.7 Å². The Morgan fingerprint density at radius 3 is 2.53 bits per heavy atom. The first-order valence-electron chi connectivity index (χ1n) is 4.14. The molecule has 0 fully saturated rings. The van der Waals surface area contributed by atoms with Crippen LogP contribution in [0.3, 0.4) is 0 Å². The first-order valence-corrected chi connectivity index (χ1v) is 4.90. The van der Waals surface area contributed by atoms with Crippen LogP contribution < -0.4 is 16.6 Å². The van der Waals surface area contributed by atoms with Crippen molar-refractivity contribution in [1.29, 1.82) is 0 Å². The highest BCUT2D eigenvalue weighted by Gasteiger charge is 2.04. The van der Waals surface area contributed by atoms with Crippen molar-refractivity contribution in [3.8, 4) is 0 Å². The fourth-order valence-corrected chi connectivity index (χ4v) is 1.54. The Morgan fingerprint density at radius 1 is 1.33 bits per heavy atom. The van der Waals surface area contributed by atoms with Crippen molar-refractivity contribution in [2.75, 3.05) is 0 Å². The van der Waals surface area contributed by atoms with Crippen LogP contribution in [0.4, 0.5) is 0 Å². The summed E-state index contributed by atoms with van der Waals surface area (Å²) >= 11 is 11.7. The zero-order chi connectivity index (χ0) is 11.4. The van der Waals surface area contributed by atoms with Gasteiger partial charge in [0.2, 0.25) is 0 Å². The quantitative estimate of drug-likeness (QED) is 0.392. The molecule has 5 N–H and O–H groups in total. The minimum Gasteiger partial charge on any atom is -0.289 e. The lowest BCUT2D eigenvalue weighted by Crippen LogP contribution is -2.72. The van der Waals surface area contributed by atoms with Crippen molar-refractivity contribution >= 4 is 34.9 Å². The van der Waals surface area contributed by atoms with E-state index < -0.39 is 0 Å². The maximum atomic E-state index is 5.98. The van der Waals surface area contributed by atoms with Crippen LogP contribution in [0, 0.1) is 0 Å². The number of hydrazone groups is 1. The van der Waals surface area contributed by atoms with E-state index in [-0.39, 0.29) is 5.96 Å². The molecule has 6 heteroatoms. The van der Waals surface area contributed by atoms with Gasteiger partial charge in [-0.05, 0) is 19.1 Å². The molecular formula is C9H11Cl2N4+. The van der Waals surface area contributed by atoms with Crippen molar-refractivity contribution in [3.63, 3.8) is 0 Å². The third-order valence-electron chi connectivity index (χ3n) is 1.67. The lowest BCUT2D eigenvalue weighted by molar-refractivity contribution is -0.464. The Balaban J connectivity index is 3.06. The lowest BCUT2D eigenvalue weighted by atomic mass is 10.1. The SMILES string of the molecule is C/C(=N\[NH+]=C(N)N)c1ccc(Cl)cc1Cl. The minimum atomic E-state index is 0.0273. The maximum absolute atomic E-state index is 5.98. The van der Waals surface area contributed by atoms with Crippen molar-refractivity contribution in [1.82, 2.24) is 0 Å². The minimum absolute atomic E-state index is 0.0273. The highest BCUT2D eigenvalue weighted by molar-refractivity contribution is 6.36. The summed E-state index contributed by atoms with van der Waals surface area (Å²) in [6, 6.07) is 5.15. The average Bonchev–Trinajstić information content (AvgIpc) is 2.14. The van der Waals surface area contributed by atoms with Crippen molar-refractivity contribution in [2.45, 2.75) is 6.92 Å². The van der Waals surface area contributed by atoms with Crippen LogP contribution in [0.2, 0.25) is 10.0 Å². The molecule has 1 aromatic rings. The summed E-state index contributed by atoms with van der Waals surface area (Å²) in [7, 11) is 0. The van der Waals surface area contributed by atoms with Crippen molar-refractivity contribution in [2.24, 2.45) is 16.6 Å². The number of rotatable bonds is 2. The largest absolute Gasteiger partial charge is 0.362 e. The second-order valence-corrected chi connectivity index (χ2v) is 3.73. The fourth-order valence-electron chi connectivity index (χ4n) is 0.992. The fraction of sp³-hybridized carbons (Fsp3) is 0.111. The second-order valence-electron chi connectivity index (χ2n) is 2.89. The number of nitrogens with zero attached hydrogens (tertiary/aromatic N) is 1. The van der Waals surface area contributed by atoms with Gasteiger partial charge in [0.15, 0.2) is 0 Å². The molecule has 0 aliphatic heterocycles. The first kappa shape index (κ1) is 11.8. The summed E-state index contributed by atoms with van der Waals surface area (Å²) < 4.78 is 0. The highest BCUT2D eigenvalue weighted by Crippen LogP contribution is 2.21. The molecule has 0 bridgehead atoms. The number of benzene rings is 1. The van der Waals surface area contributed by atoms with Gasteiger partial charge in [-0.2, -0.15) is 5.10 Å². The van der Waals surface area contributed by atoms with Crippen LogP contribution in [-0.4, -0.2) is 11.7 Å². The molecule has 15 heavy (non-hydrogen) atoms. The Morgan fingerprint density at radius 2 is 2.00 bits per heavy atom. The summed E-state index contributed by atoms with van der Waals surface area (Å²) in [5, 5.41) is 7.50. The van der Waals surface area contributed by atoms with Gasteiger partial charge in [-0.3, -0.25) is 11.5 Å². The van der Waals surface area contributed by atoms with Crippen molar-refractivity contribution < 1.29 is 5.10 Å². The van der Waals surface area contributed by atoms with Crippen LogP contribution >= 0.6 is 23.2 Å². The van der Waals surface area contributed by atoms with E-state index in [1.165, 1.54) is 0 Å². The molecular weight excluding hydrogens is 235 g/mol. The molecule has 0 saturated carbocycles. The summed E-state index contributed by atoms with van der Waals surface area (Å²) in [4.78, 5) is 0. The van der Waals surface area contributed by atoms with Gasteiger partial charge < -0.3 is 0 Å². The average molecular weight is 246 g/mol. The molecule has 0 spiro atoms. The maximum Gasteiger partial charge on any atom is 0.362 e. The van der Waals surface area contributed by atoms with Gasteiger partial charge in [-0.1, -0.05) is 29.3 Å². The topological polar surface area (TPSA) is 78.4 Å². The normalized spacial score (nSPS) is 11.3. The highest BCUT2D eigenvalue weighted by atomic mass is 35.5. The zero-order valence-corrected chi connectivity index (χ0v) is 9.60. The molecule has 0 aliphatic rings. The molecule has 1 aromatic carbocycles. The van der Waals surface area contributed by atoms with Gasteiger partial charge in [0.25, 0.3) is 0 Å².